The molecule has 1 aromatic carbocycles. The van der Waals surface area contributed by atoms with Gasteiger partial charge < -0.3 is 15.4 Å². The lowest BCUT2D eigenvalue weighted by molar-refractivity contribution is -0.120. The average Bonchev–Trinajstić information content (AvgIpc) is 3.16. The minimum atomic E-state index is -0.0591. The van der Waals surface area contributed by atoms with Gasteiger partial charge >= 0.3 is 0 Å². The molecule has 150 valence electrons. The van der Waals surface area contributed by atoms with Crippen LogP contribution in [-0.4, -0.2) is 29.7 Å². The Morgan fingerprint density at radius 1 is 1.18 bits per heavy atom. The summed E-state index contributed by atoms with van der Waals surface area (Å²) in [5, 5.41) is 8.38. The number of rotatable bonds is 8. The van der Waals surface area contributed by atoms with Crippen molar-refractivity contribution in [2.45, 2.75) is 37.9 Å². The Bertz CT molecular complexity index is 786. The third-order valence-corrected chi connectivity index (χ3v) is 6.39. The van der Waals surface area contributed by atoms with Crippen LogP contribution < -0.4 is 15.4 Å². The first kappa shape index (κ1) is 20.7. The maximum absolute atomic E-state index is 12.3. The fraction of sp³-hybridized carbons (Fsp3) is 0.450. The fourth-order valence-electron chi connectivity index (χ4n) is 3.12. The summed E-state index contributed by atoms with van der Waals surface area (Å²) in [7, 11) is 1.61. The molecular formula is C20H25N3O3S2. The van der Waals surface area contributed by atoms with E-state index in [2.05, 4.69) is 15.6 Å². The predicted molar refractivity (Wildman–Crippen MR) is 115 cm³/mol. The second-order valence-electron chi connectivity index (χ2n) is 6.74. The average molecular weight is 420 g/mol. The Morgan fingerprint density at radius 2 is 1.93 bits per heavy atom. The van der Waals surface area contributed by atoms with Gasteiger partial charge in [0.1, 0.15) is 5.75 Å². The molecule has 6 nitrogen and oxygen atoms in total. The number of nitrogens with one attached hydrogen (secondary N) is 2. The van der Waals surface area contributed by atoms with Crippen LogP contribution in [0.4, 0.5) is 10.8 Å². The molecule has 8 heteroatoms. The van der Waals surface area contributed by atoms with Gasteiger partial charge in [0, 0.05) is 22.7 Å². The molecule has 2 aromatic rings. The van der Waals surface area contributed by atoms with Crippen molar-refractivity contribution in [1.82, 2.24) is 4.98 Å². The lowest BCUT2D eigenvalue weighted by Crippen LogP contribution is -2.24. The lowest BCUT2D eigenvalue weighted by Gasteiger charge is -2.19. The maximum atomic E-state index is 12.3. The SMILES string of the molecule is COc1ccc(NC(=O)CSCc2csc(NC(=O)C3CCCCC3)n2)cc1. The van der Waals surface area contributed by atoms with Crippen molar-refractivity contribution in [1.29, 1.82) is 0 Å². The molecule has 0 bridgehead atoms. The predicted octanol–water partition coefficient (Wildman–Crippen LogP) is 4.54. The van der Waals surface area contributed by atoms with Gasteiger partial charge in [0.15, 0.2) is 5.13 Å². The summed E-state index contributed by atoms with van der Waals surface area (Å²) in [4.78, 5) is 28.8. The standard InChI is InChI=1S/C20H25N3O3S2/c1-26-17-9-7-15(8-10-17)21-18(24)13-27-11-16-12-28-20(22-16)23-19(25)14-5-3-2-4-6-14/h7-10,12,14H,2-6,11,13H2,1H3,(H,21,24)(H,22,23,25). The van der Waals surface area contributed by atoms with Crippen LogP contribution in [0.5, 0.6) is 5.75 Å². The summed E-state index contributed by atoms with van der Waals surface area (Å²) in [6, 6.07) is 7.23. The van der Waals surface area contributed by atoms with Crippen molar-refractivity contribution in [3.05, 3.63) is 35.3 Å². The number of aromatic nitrogens is 1. The second kappa shape index (κ2) is 10.5. The van der Waals surface area contributed by atoms with Gasteiger partial charge in [0.2, 0.25) is 11.8 Å². The highest BCUT2D eigenvalue weighted by Gasteiger charge is 2.21. The van der Waals surface area contributed by atoms with Crippen LogP contribution in [0.3, 0.4) is 0 Å². The first-order valence-corrected chi connectivity index (χ1v) is 11.4. The topological polar surface area (TPSA) is 80.3 Å². The third kappa shape index (κ3) is 6.24. The number of thiazole rings is 1. The van der Waals surface area contributed by atoms with Gasteiger partial charge in [-0.1, -0.05) is 19.3 Å². The van der Waals surface area contributed by atoms with E-state index in [1.165, 1.54) is 29.5 Å². The molecule has 0 radical (unpaired) electrons. The lowest BCUT2D eigenvalue weighted by atomic mass is 9.89. The zero-order valence-corrected chi connectivity index (χ0v) is 17.5. The van der Waals surface area contributed by atoms with Crippen molar-refractivity contribution in [3.8, 4) is 5.75 Å². The van der Waals surface area contributed by atoms with Crippen molar-refractivity contribution >= 4 is 45.7 Å². The Hall–Kier alpha value is -2.06. The number of hydrogen-bond donors (Lipinski definition) is 2. The Balaban J connectivity index is 1.38. The van der Waals surface area contributed by atoms with E-state index in [-0.39, 0.29) is 17.7 Å². The second-order valence-corrected chi connectivity index (χ2v) is 8.58. The summed E-state index contributed by atoms with van der Waals surface area (Å²) in [5.74, 6) is 1.88. The summed E-state index contributed by atoms with van der Waals surface area (Å²) < 4.78 is 5.10. The van der Waals surface area contributed by atoms with Crippen LogP contribution in [0.2, 0.25) is 0 Å². The van der Waals surface area contributed by atoms with E-state index in [4.69, 9.17) is 4.74 Å². The number of hydrogen-bond acceptors (Lipinski definition) is 6. The number of nitrogens with zero attached hydrogens (tertiary/aromatic N) is 1. The van der Waals surface area contributed by atoms with E-state index in [1.54, 1.807) is 19.2 Å². The largest absolute Gasteiger partial charge is 0.497 e. The fourth-order valence-corrected chi connectivity index (χ4v) is 4.66. The smallest absolute Gasteiger partial charge is 0.234 e. The van der Waals surface area contributed by atoms with E-state index in [1.807, 2.05) is 17.5 Å². The van der Waals surface area contributed by atoms with Crippen LogP contribution in [-0.2, 0) is 15.3 Å². The third-order valence-electron chi connectivity index (χ3n) is 4.61. The van der Waals surface area contributed by atoms with Crippen LogP contribution >= 0.6 is 23.1 Å². The van der Waals surface area contributed by atoms with E-state index < -0.39 is 0 Å². The van der Waals surface area contributed by atoms with E-state index >= 15 is 0 Å². The maximum Gasteiger partial charge on any atom is 0.234 e. The number of amides is 2. The molecule has 0 atom stereocenters. The molecule has 0 saturated heterocycles. The summed E-state index contributed by atoms with van der Waals surface area (Å²) >= 11 is 2.93. The van der Waals surface area contributed by atoms with Gasteiger partial charge in [-0.25, -0.2) is 4.98 Å². The minimum Gasteiger partial charge on any atom is -0.497 e. The van der Waals surface area contributed by atoms with Gasteiger partial charge in [0.05, 0.1) is 18.6 Å². The molecule has 0 aliphatic heterocycles. The van der Waals surface area contributed by atoms with Gasteiger partial charge in [0.25, 0.3) is 0 Å². The van der Waals surface area contributed by atoms with Crippen molar-refractivity contribution in [2.24, 2.45) is 5.92 Å². The van der Waals surface area contributed by atoms with E-state index in [0.717, 1.165) is 42.8 Å². The number of carbonyl (C=O) groups is 2. The van der Waals surface area contributed by atoms with E-state index in [9.17, 15) is 9.59 Å². The monoisotopic (exact) mass is 419 g/mol. The number of anilines is 2. The zero-order valence-electron chi connectivity index (χ0n) is 15.9. The van der Waals surface area contributed by atoms with Crippen molar-refractivity contribution in [2.75, 3.05) is 23.5 Å². The van der Waals surface area contributed by atoms with Gasteiger partial charge in [-0.15, -0.1) is 23.1 Å². The highest BCUT2D eigenvalue weighted by Crippen LogP contribution is 2.26. The quantitative estimate of drug-likeness (QED) is 0.656. The number of benzene rings is 1. The first-order chi connectivity index (χ1) is 13.6. The number of methoxy groups -OCH3 is 1. The van der Waals surface area contributed by atoms with Gasteiger partial charge in [-0.2, -0.15) is 0 Å². The summed E-state index contributed by atoms with van der Waals surface area (Å²) in [6.07, 6.45) is 5.45. The molecule has 2 amide bonds. The van der Waals surface area contributed by atoms with Crippen LogP contribution in [0.15, 0.2) is 29.6 Å². The van der Waals surface area contributed by atoms with Crippen LogP contribution in [0, 0.1) is 5.92 Å². The van der Waals surface area contributed by atoms with Gasteiger partial charge in [-0.05, 0) is 37.1 Å². The van der Waals surface area contributed by atoms with Crippen LogP contribution in [0.1, 0.15) is 37.8 Å². The molecule has 1 aromatic heterocycles. The number of ether oxygens (including phenoxy) is 1. The Labute approximate surface area is 173 Å². The number of carbonyl (C=O) groups excluding carboxylic acids is 2. The van der Waals surface area contributed by atoms with Crippen molar-refractivity contribution in [3.63, 3.8) is 0 Å². The van der Waals surface area contributed by atoms with Gasteiger partial charge in [-0.3, -0.25) is 9.59 Å². The van der Waals surface area contributed by atoms with E-state index in [0.29, 0.717) is 16.6 Å². The molecule has 1 fully saturated rings. The molecule has 0 spiro atoms. The van der Waals surface area contributed by atoms with Crippen LogP contribution in [0.25, 0.3) is 0 Å². The summed E-state index contributed by atoms with van der Waals surface area (Å²) in [6.45, 7) is 0. The molecule has 1 aliphatic carbocycles. The molecular weight excluding hydrogens is 394 g/mol. The highest BCUT2D eigenvalue weighted by molar-refractivity contribution is 7.99. The first-order valence-electron chi connectivity index (χ1n) is 9.41. The summed E-state index contributed by atoms with van der Waals surface area (Å²) in [5.41, 5.74) is 1.62. The minimum absolute atomic E-state index is 0.0591. The molecule has 1 heterocycles. The normalized spacial score (nSPS) is 14.5. The molecule has 3 rings (SSSR count). The highest BCUT2D eigenvalue weighted by atomic mass is 32.2. The zero-order chi connectivity index (χ0) is 19.8. The molecule has 0 unspecified atom stereocenters. The molecule has 1 saturated carbocycles. The molecule has 1 aliphatic rings. The molecule has 28 heavy (non-hydrogen) atoms. The number of thioether (sulfide) groups is 1. The Kier molecular flexibility index (Phi) is 7.73. The Morgan fingerprint density at radius 3 is 2.64 bits per heavy atom. The molecule has 2 N–H and O–H groups in total. The van der Waals surface area contributed by atoms with Crippen molar-refractivity contribution < 1.29 is 14.3 Å².